The number of methoxy groups -OCH3 is 2. The van der Waals surface area contributed by atoms with Gasteiger partial charge >= 0.3 is 5.97 Å². The number of alkyl halides is 1. The number of piperidine rings is 1. The van der Waals surface area contributed by atoms with E-state index in [4.69, 9.17) is 21.1 Å². The van der Waals surface area contributed by atoms with Crippen molar-refractivity contribution in [3.63, 3.8) is 0 Å². The number of carboxylic acid groups (broad SMARTS) is 1. The smallest absolute Gasteiger partial charge is 0.309 e. The lowest BCUT2D eigenvalue weighted by Gasteiger charge is -2.39. The number of benzene rings is 2. The van der Waals surface area contributed by atoms with Crippen molar-refractivity contribution in [2.75, 3.05) is 39.6 Å². The highest BCUT2D eigenvalue weighted by Crippen LogP contribution is 2.42. The van der Waals surface area contributed by atoms with Gasteiger partial charge in [-0.15, -0.1) is 11.8 Å². The Morgan fingerprint density at radius 2 is 1.92 bits per heavy atom. The van der Waals surface area contributed by atoms with Crippen molar-refractivity contribution in [1.82, 2.24) is 9.88 Å². The molecule has 3 aromatic rings. The van der Waals surface area contributed by atoms with E-state index in [1.807, 2.05) is 18.2 Å². The Kier molecular flexibility index (Phi) is 9.16. The van der Waals surface area contributed by atoms with Crippen LogP contribution in [-0.4, -0.2) is 60.6 Å². The molecule has 1 aliphatic rings. The summed E-state index contributed by atoms with van der Waals surface area (Å²) in [6.07, 6.45) is 1.37. The highest BCUT2D eigenvalue weighted by molar-refractivity contribution is 7.99. The van der Waals surface area contributed by atoms with Crippen molar-refractivity contribution in [1.29, 1.82) is 0 Å². The van der Waals surface area contributed by atoms with Crippen LogP contribution < -0.4 is 9.47 Å². The van der Waals surface area contributed by atoms with Crippen LogP contribution in [0.4, 0.5) is 4.39 Å². The maximum atomic E-state index is 15.6. The number of thioether (sulfide) groups is 1. The SMILES string of the molecule is COc1cccc(SCCN2CCC(CC[C@@H](F)c3c(Cl)cnc4ccc(OC)cc34)(C(=O)O)CC2)c1. The second-order valence-corrected chi connectivity index (χ2v) is 10.9. The van der Waals surface area contributed by atoms with Gasteiger partial charge in [0.1, 0.15) is 17.7 Å². The van der Waals surface area contributed by atoms with Gasteiger partial charge < -0.3 is 19.5 Å². The Hall–Kier alpha value is -2.55. The molecule has 1 aliphatic heterocycles. The fraction of sp³-hybridized carbons (Fsp3) is 0.429. The molecule has 2 heterocycles. The molecule has 0 radical (unpaired) electrons. The molecular formula is C28H32ClFN2O4S. The van der Waals surface area contributed by atoms with Crippen LogP contribution in [0.2, 0.25) is 5.02 Å². The monoisotopic (exact) mass is 546 g/mol. The van der Waals surface area contributed by atoms with Gasteiger partial charge in [0.05, 0.1) is 30.2 Å². The molecule has 0 amide bonds. The van der Waals surface area contributed by atoms with E-state index in [0.717, 1.165) is 22.9 Å². The number of halogens is 2. The van der Waals surface area contributed by atoms with Crippen LogP contribution in [0, 0.1) is 5.41 Å². The number of fused-ring (bicyclic) bond motifs is 1. The van der Waals surface area contributed by atoms with Crippen LogP contribution in [0.15, 0.2) is 53.6 Å². The van der Waals surface area contributed by atoms with Crippen LogP contribution in [0.25, 0.3) is 10.9 Å². The number of carboxylic acids is 1. The average molecular weight is 547 g/mol. The van der Waals surface area contributed by atoms with E-state index in [2.05, 4.69) is 16.0 Å². The summed E-state index contributed by atoms with van der Waals surface area (Å²) < 4.78 is 26.2. The number of likely N-dealkylation sites (tertiary alicyclic amines) is 1. The zero-order chi connectivity index (χ0) is 26.4. The number of hydrogen-bond acceptors (Lipinski definition) is 6. The molecule has 2 aromatic carbocycles. The minimum absolute atomic E-state index is 0.0774. The molecule has 0 unspecified atom stereocenters. The molecule has 198 valence electrons. The van der Waals surface area contributed by atoms with Crippen LogP contribution >= 0.6 is 23.4 Å². The lowest BCUT2D eigenvalue weighted by molar-refractivity contribution is -0.153. The Labute approximate surface area is 226 Å². The molecule has 4 rings (SSSR count). The van der Waals surface area contributed by atoms with E-state index < -0.39 is 17.6 Å². The highest BCUT2D eigenvalue weighted by atomic mass is 35.5. The van der Waals surface area contributed by atoms with E-state index in [1.54, 1.807) is 44.2 Å². The Morgan fingerprint density at radius 1 is 1.19 bits per heavy atom. The van der Waals surface area contributed by atoms with Gasteiger partial charge in [0.15, 0.2) is 0 Å². The van der Waals surface area contributed by atoms with Gasteiger partial charge in [-0.1, -0.05) is 17.7 Å². The maximum Gasteiger partial charge on any atom is 0.309 e. The fourth-order valence-corrected chi connectivity index (χ4v) is 6.15. The lowest BCUT2D eigenvalue weighted by Crippen LogP contribution is -2.45. The van der Waals surface area contributed by atoms with Crippen LogP contribution in [-0.2, 0) is 4.79 Å². The predicted molar refractivity (Wildman–Crippen MR) is 146 cm³/mol. The van der Waals surface area contributed by atoms with Crippen molar-refractivity contribution >= 4 is 40.2 Å². The molecule has 1 saturated heterocycles. The summed E-state index contributed by atoms with van der Waals surface area (Å²) in [6.45, 7) is 2.22. The van der Waals surface area contributed by atoms with Crippen LogP contribution in [0.3, 0.4) is 0 Å². The molecule has 1 atom stereocenters. The summed E-state index contributed by atoms with van der Waals surface area (Å²) in [6, 6.07) is 13.2. The summed E-state index contributed by atoms with van der Waals surface area (Å²) in [5, 5.41) is 10.9. The van der Waals surface area contributed by atoms with Crippen LogP contribution in [0.5, 0.6) is 11.5 Å². The van der Waals surface area contributed by atoms with Gasteiger partial charge in [-0.05, 0) is 75.2 Å². The van der Waals surface area contributed by atoms with Crippen molar-refractivity contribution in [3.8, 4) is 11.5 Å². The number of rotatable bonds is 11. The summed E-state index contributed by atoms with van der Waals surface area (Å²) in [5.41, 5.74) is 0.0300. The second-order valence-electron chi connectivity index (χ2n) is 9.36. The standard InChI is InChI=1S/C28H32ClFN2O4S/c1-35-19-4-3-5-21(16-19)37-15-14-32-12-10-28(11-13-32,27(33)34)9-8-24(30)26-22-17-20(36-2)6-7-25(22)31-18-23(26)29/h3-7,16-18,24H,8-15H2,1-2H3,(H,33,34)/t24-/m1/s1. The minimum Gasteiger partial charge on any atom is -0.497 e. The summed E-state index contributed by atoms with van der Waals surface area (Å²) >= 11 is 8.12. The number of pyridine rings is 1. The molecule has 37 heavy (non-hydrogen) atoms. The summed E-state index contributed by atoms with van der Waals surface area (Å²) in [5.74, 6) is 1.47. The second kappa shape index (κ2) is 12.3. The molecule has 1 aromatic heterocycles. The third kappa shape index (κ3) is 6.48. The number of hydrogen-bond donors (Lipinski definition) is 1. The topological polar surface area (TPSA) is 71.9 Å². The zero-order valence-corrected chi connectivity index (χ0v) is 22.7. The Bertz CT molecular complexity index is 1240. The van der Waals surface area contributed by atoms with Crippen molar-refractivity contribution in [2.45, 2.75) is 36.8 Å². The maximum absolute atomic E-state index is 15.6. The largest absolute Gasteiger partial charge is 0.497 e. The Balaban J connectivity index is 1.36. The average Bonchev–Trinajstić information content (AvgIpc) is 2.92. The van der Waals surface area contributed by atoms with E-state index in [1.165, 1.54) is 6.20 Å². The molecule has 0 saturated carbocycles. The number of carbonyl (C=O) groups is 1. The molecule has 0 spiro atoms. The first-order valence-corrected chi connectivity index (χ1v) is 13.7. The third-order valence-electron chi connectivity index (χ3n) is 7.24. The highest BCUT2D eigenvalue weighted by Gasteiger charge is 2.41. The van der Waals surface area contributed by atoms with Crippen molar-refractivity contribution in [2.24, 2.45) is 5.41 Å². The Morgan fingerprint density at radius 3 is 2.62 bits per heavy atom. The van der Waals surface area contributed by atoms with Gasteiger partial charge in [-0.25, -0.2) is 4.39 Å². The van der Waals surface area contributed by atoms with Crippen LogP contribution in [0.1, 0.15) is 37.4 Å². The van der Waals surface area contributed by atoms with Gasteiger partial charge in [0, 0.05) is 34.3 Å². The van der Waals surface area contributed by atoms with Gasteiger partial charge in [0.25, 0.3) is 0 Å². The first kappa shape index (κ1) is 27.5. The van der Waals surface area contributed by atoms with Crippen molar-refractivity contribution < 1.29 is 23.8 Å². The normalized spacial score (nSPS) is 16.4. The molecule has 0 bridgehead atoms. The third-order valence-corrected chi connectivity index (χ3v) is 8.52. The van der Waals surface area contributed by atoms with E-state index in [-0.39, 0.29) is 17.9 Å². The number of ether oxygens (including phenoxy) is 2. The molecule has 1 fully saturated rings. The predicted octanol–water partition coefficient (Wildman–Crippen LogP) is 6.66. The minimum atomic E-state index is -1.40. The molecule has 0 aliphatic carbocycles. The first-order valence-electron chi connectivity index (χ1n) is 12.3. The molecular weight excluding hydrogens is 515 g/mol. The number of aliphatic carboxylic acids is 1. The number of nitrogens with zero attached hydrogens (tertiary/aromatic N) is 2. The first-order chi connectivity index (χ1) is 17.8. The molecule has 6 nitrogen and oxygen atoms in total. The van der Waals surface area contributed by atoms with E-state index in [9.17, 15) is 9.90 Å². The lowest BCUT2D eigenvalue weighted by atomic mass is 9.74. The quantitative estimate of drug-likeness (QED) is 0.270. The summed E-state index contributed by atoms with van der Waals surface area (Å²) in [4.78, 5) is 20.1. The van der Waals surface area contributed by atoms with Gasteiger partial charge in [0.2, 0.25) is 0 Å². The van der Waals surface area contributed by atoms with E-state index in [0.29, 0.717) is 48.1 Å². The van der Waals surface area contributed by atoms with Crippen molar-refractivity contribution in [3.05, 3.63) is 59.2 Å². The summed E-state index contributed by atoms with van der Waals surface area (Å²) in [7, 11) is 3.20. The van der Waals surface area contributed by atoms with Gasteiger partial charge in [-0.2, -0.15) is 0 Å². The molecule has 1 N–H and O–H groups in total. The van der Waals surface area contributed by atoms with E-state index >= 15 is 4.39 Å². The zero-order valence-electron chi connectivity index (χ0n) is 21.1. The molecule has 9 heteroatoms. The van der Waals surface area contributed by atoms with Gasteiger partial charge in [-0.3, -0.25) is 9.78 Å². The number of aromatic nitrogens is 1. The fourth-order valence-electron chi connectivity index (χ4n) is 4.92.